The highest BCUT2D eigenvalue weighted by Crippen LogP contribution is 2.47. The molecule has 6 heteroatoms. The van der Waals surface area contributed by atoms with Crippen LogP contribution in [0.25, 0.3) is 0 Å². The van der Waals surface area contributed by atoms with E-state index in [1.165, 1.54) is 17.0 Å². The third-order valence-electron chi connectivity index (χ3n) is 3.36. The van der Waals surface area contributed by atoms with Gasteiger partial charge in [0.05, 0.1) is 0 Å². The van der Waals surface area contributed by atoms with Gasteiger partial charge in [0.15, 0.2) is 0 Å². The Labute approximate surface area is 105 Å². The smallest absolute Gasteiger partial charge is 0.347 e. The van der Waals surface area contributed by atoms with Crippen LogP contribution in [-0.4, -0.2) is 33.7 Å². The van der Waals surface area contributed by atoms with Crippen LogP contribution >= 0.6 is 0 Å². The van der Waals surface area contributed by atoms with E-state index in [1.807, 2.05) is 0 Å². The Bertz CT molecular complexity index is 479. The zero-order valence-corrected chi connectivity index (χ0v) is 10.1. The average molecular weight is 251 g/mol. The molecule has 2 N–H and O–H groups in total. The summed E-state index contributed by atoms with van der Waals surface area (Å²) in [5.74, 6) is -0.200. The molecule has 0 saturated heterocycles. The van der Waals surface area contributed by atoms with Crippen molar-refractivity contribution in [2.45, 2.75) is 25.8 Å². The largest absolute Gasteiger partial charge is 0.396 e. The third-order valence-corrected chi connectivity index (χ3v) is 3.36. The molecular formula is C12H17N3O3. The van der Waals surface area contributed by atoms with Gasteiger partial charge < -0.3 is 10.4 Å². The van der Waals surface area contributed by atoms with Crippen LogP contribution in [0, 0.1) is 5.41 Å². The second-order valence-corrected chi connectivity index (χ2v) is 4.78. The summed E-state index contributed by atoms with van der Waals surface area (Å²) in [5, 5.41) is 11.7. The fourth-order valence-electron chi connectivity index (χ4n) is 1.93. The van der Waals surface area contributed by atoms with E-state index in [0.717, 1.165) is 19.3 Å². The number of aliphatic hydroxyl groups is 1. The number of hydrogen-bond donors (Lipinski definition) is 2. The van der Waals surface area contributed by atoms with Crippen molar-refractivity contribution < 1.29 is 9.90 Å². The highest BCUT2D eigenvalue weighted by molar-refractivity contribution is 5.75. The summed E-state index contributed by atoms with van der Waals surface area (Å²) in [6, 6.07) is 1.61. The molecule has 1 amide bonds. The van der Waals surface area contributed by atoms with Crippen molar-refractivity contribution in [1.82, 2.24) is 14.9 Å². The van der Waals surface area contributed by atoms with Crippen molar-refractivity contribution in [3.05, 3.63) is 28.9 Å². The Morgan fingerprint density at radius 1 is 1.56 bits per heavy atom. The van der Waals surface area contributed by atoms with Gasteiger partial charge in [-0.15, -0.1) is 0 Å². The van der Waals surface area contributed by atoms with Crippen molar-refractivity contribution in [2.24, 2.45) is 5.41 Å². The van der Waals surface area contributed by atoms with Crippen LogP contribution in [0.15, 0.2) is 23.3 Å². The molecule has 1 aromatic rings. The monoisotopic (exact) mass is 251 g/mol. The van der Waals surface area contributed by atoms with E-state index >= 15 is 0 Å². The van der Waals surface area contributed by atoms with Gasteiger partial charge in [0.1, 0.15) is 6.54 Å². The average Bonchev–Trinajstić information content (AvgIpc) is 3.11. The first-order valence-corrected chi connectivity index (χ1v) is 6.04. The number of nitrogens with zero attached hydrogens (tertiary/aromatic N) is 2. The first kappa shape index (κ1) is 12.8. The molecule has 1 fully saturated rings. The molecule has 1 aliphatic carbocycles. The molecule has 0 spiro atoms. The predicted molar refractivity (Wildman–Crippen MR) is 64.9 cm³/mol. The maximum Gasteiger partial charge on any atom is 0.347 e. The van der Waals surface area contributed by atoms with Crippen molar-refractivity contribution in [3.8, 4) is 0 Å². The van der Waals surface area contributed by atoms with Gasteiger partial charge in [-0.3, -0.25) is 9.36 Å². The van der Waals surface area contributed by atoms with Gasteiger partial charge in [-0.25, -0.2) is 9.78 Å². The van der Waals surface area contributed by atoms with Crippen molar-refractivity contribution >= 4 is 5.91 Å². The van der Waals surface area contributed by atoms with E-state index in [0.29, 0.717) is 6.54 Å². The molecule has 98 valence electrons. The van der Waals surface area contributed by atoms with E-state index in [-0.39, 0.29) is 24.5 Å². The zero-order valence-electron chi connectivity index (χ0n) is 10.1. The Balaban J connectivity index is 1.83. The number of aromatic nitrogens is 2. The molecule has 1 aliphatic rings. The van der Waals surface area contributed by atoms with Gasteiger partial charge in [-0.2, -0.15) is 0 Å². The summed E-state index contributed by atoms with van der Waals surface area (Å²) in [6.45, 7) is 0.710. The highest BCUT2D eigenvalue weighted by Gasteiger charge is 2.41. The van der Waals surface area contributed by atoms with Crippen LogP contribution in [0.4, 0.5) is 0 Å². The standard InChI is InChI=1S/C12H17N3O3/c16-7-4-12(2-3-12)9-14-10(17)8-15-6-1-5-13-11(15)18/h1,5-6,16H,2-4,7-9H2,(H,14,17). The number of carbonyl (C=O) groups excluding carboxylic acids is 1. The first-order chi connectivity index (χ1) is 8.65. The van der Waals surface area contributed by atoms with Crippen LogP contribution in [0.3, 0.4) is 0 Å². The predicted octanol–water partition coefficient (Wildman–Crippen LogP) is -0.478. The molecule has 1 aromatic heterocycles. The lowest BCUT2D eigenvalue weighted by Gasteiger charge is -2.14. The SMILES string of the molecule is O=C(Cn1cccnc1=O)NCC1(CCO)CC1. The Kier molecular flexibility index (Phi) is 3.76. The quantitative estimate of drug-likeness (QED) is 0.715. The molecule has 1 heterocycles. The first-order valence-electron chi connectivity index (χ1n) is 6.04. The molecule has 2 rings (SSSR count). The second-order valence-electron chi connectivity index (χ2n) is 4.78. The summed E-state index contributed by atoms with van der Waals surface area (Å²) >= 11 is 0. The van der Waals surface area contributed by atoms with E-state index < -0.39 is 5.69 Å². The van der Waals surface area contributed by atoms with Crippen LogP contribution in [0.2, 0.25) is 0 Å². The van der Waals surface area contributed by atoms with Crippen molar-refractivity contribution in [2.75, 3.05) is 13.2 Å². The van der Waals surface area contributed by atoms with Crippen LogP contribution in [0.1, 0.15) is 19.3 Å². The van der Waals surface area contributed by atoms with E-state index in [1.54, 1.807) is 6.07 Å². The van der Waals surface area contributed by atoms with Crippen LogP contribution < -0.4 is 11.0 Å². The number of aliphatic hydroxyl groups excluding tert-OH is 1. The second kappa shape index (κ2) is 5.30. The molecule has 1 saturated carbocycles. The van der Waals surface area contributed by atoms with Crippen molar-refractivity contribution in [1.29, 1.82) is 0 Å². The molecule has 0 radical (unpaired) electrons. The van der Waals surface area contributed by atoms with Gasteiger partial charge in [0.2, 0.25) is 5.91 Å². The summed E-state index contributed by atoms with van der Waals surface area (Å²) in [5.41, 5.74) is -0.339. The maximum absolute atomic E-state index is 11.7. The molecular weight excluding hydrogens is 234 g/mol. The normalized spacial score (nSPS) is 16.3. The number of hydrogen-bond acceptors (Lipinski definition) is 4. The molecule has 6 nitrogen and oxygen atoms in total. The Morgan fingerprint density at radius 2 is 2.33 bits per heavy atom. The molecule has 0 atom stereocenters. The van der Waals surface area contributed by atoms with Gasteiger partial charge in [-0.05, 0) is 30.7 Å². The number of carbonyl (C=O) groups is 1. The summed E-state index contributed by atoms with van der Waals surface area (Å²) in [4.78, 5) is 26.6. The minimum absolute atomic E-state index is 0.0120. The number of nitrogens with one attached hydrogen (secondary N) is 1. The van der Waals surface area contributed by atoms with Crippen LogP contribution in [-0.2, 0) is 11.3 Å². The summed E-state index contributed by atoms with van der Waals surface area (Å²) in [7, 11) is 0. The lowest BCUT2D eigenvalue weighted by atomic mass is 10.0. The van der Waals surface area contributed by atoms with Crippen molar-refractivity contribution in [3.63, 3.8) is 0 Å². The van der Waals surface area contributed by atoms with E-state index in [2.05, 4.69) is 10.3 Å². The summed E-state index contributed by atoms with van der Waals surface area (Å²) in [6.07, 6.45) is 5.74. The molecule has 0 bridgehead atoms. The fourth-order valence-corrected chi connectivity index (χ4v) is 1.93. The third kappa shape index (κ3) is 3.16. The minimum Gasteiger partial charge on any atom is -0.396 e. The van der Waals surface area contributed by atoms with E-state index in [4.69, 9.17) is 5.11 Å². The van der Waals surface area contributed by atoms with Gasteiger partial charge in [0, 0.05) is 25.5 Å². The van der Waals surface area contributed by atoms with Gasteiger partial charge in [0.25, 0.3) is 0 Å². The Morgan fingerprint density at radius 3 is 2.94 bits per heavy atom. The zero-order chi connectivity index (χ0) is 13.0. The maximum atomic E-state index is 11.7. The topological polar surface area (TPSA) is 84.2 Å². The molecule has 0 unspecified atom stereocenters. The molecule has 0 aliphatic heterocycles. The highest BCUT2D eigenvalue weighted by atomic mass is 16.3. The van der Waals surface area contributed by atoms with Crippen LogP contribution in [0.5, 0.6) is 0 Å². The fraction of sp³-hybridized carbons (Fsp3) is 0.583. The lowest BCUT2D eigenvalue weighted by Crippen LogP contribution is -2.36. The number of amides is 1. The molecule has 18 heavy (non-hydrogen) atoms. The molecule has 0 aromatic carbocycles. The Hall–Kier alpha value is -1.69. The lowest BCUT2D eigenvalue weighted by molar-refractivity contribution is -0.122. The van der Waals surface area contributed by atoms with Gasteiger partial charge >= 0.3 is 5.69 Å². The summed E-state index contributed by atoms with van der Waals surface area (Å²) < 4.78 is 1.26. The number of rotatable bonds is 6. The van der Waals surface area contributed by atoms with E-state index in [9.17, 15) is 9.59 Å². The minimum atomic E-state index is -0.427. The van der Waals surface area contributed by atoms with Gasteiger partial charge in [-0.1, -0.05) is 0 Å².